The fourth-order valence-electron chi connectivity index (χ4n) is 1.85. The number of amides is 1. The molecule has 7 heteroatoms. The van der Waals surface area contributed by atoms with Crippen molar-refractivity contribution in [2.24, 2.45) is 0 Å². The Labute approximate surface area is 149 Å². The van der Waals surface area contributed by atoms with Gasteiger partial charge in [0, 0.05) is 9.26 Å². The number of alkyl halides is 3. The number of nitrogens with one attached hydrogen (secondary N) is 1. The number of carbonyl (C=O) groups is 1. The highest BCUT2D eigenvalue weighted by Gasteiger charge is 2.30. The van der Waals surface area contributed by atoms with Crippen molar-refractivity contribution in [3.8, 4) is 6.07 Å². The van der Waals surface area contributed by atoms with E-state index >= 15 is 0 Å². The number of nitriles is 1. The summed E-state index contributed by atoms with van der Waals surface area (Å²) in [4.78, 5) is 12.1. The molecule has 3 nitrogen and oxygen atoms in total. The number of rotatable bonds is 3. The van der Waals surface area contributed by atoms with Gasteiger partial charge in [-0.2, -0.15) is 18.4 Å². The number of carbonyl (C=O) groups excluding carboxylic acids is 1. The summed E-state index contributed by atoms with van der Waals surface area (Å²) >= 11 is 2.11. The Bertz CT molecular complexity index is 821. The molecule has 0 aromatic heterocycles. The summed E-state index contributed by atoms with van der Waals surface area (Å²) in [6.45, 7) is 0. The van der Waals surface area contributed by atoms with Gasteiger partial charge in [0.1, 0.15) is 11.6 Å². The molecular weight excluding hydrogens is 432 g/mol. The topological polar surface area (TPSA) is 52.9 Å². The quantitative estimate of drug-likeness (QED) is 0.420. The largest absolute Gasteiger partial charge is 0.416 e. The van der Waals surface area contributed by atoms with Crippen molar-refractivity contribution in [1.82, 2.24) is 0 Å². The van der Waals surface area contributed by atoms with Crippen LogP contribution in [0.2, 0.25) is 0 Å². The van der Waals surface area contributed by atoms with Crippen LogP contribution < -0.4 is 5.32 Å². The minimum absolute atomic E-state index is 0.124. The molecule has 0 unspecified atom stereocenters. The number of benzene rings is 2. The molecule has 1 amide bonds. The molecule has 0 spiro atoms. The van der Waals surface area contributed by atoms with Crippen LogP contribution >= 0.6 is 22.6 Å². The second-order valence-electron chi connectivity index (χ2n) is 4.75. The van der Waals surface area contributed by atoms with E-state index in [0.717, 1.165) is 21.8 Å². The molecule has 0 bridgehead atoms. The highest BCUT2D eigenvalue weighted by atomic mass is 127. The maximum atomic E-state index is 12.7. The molecule has 0 fully saturated rings. The monoisotopic (exact) mass is 442 g/mol. The maximum Gasteiger partial charge on any atom is 0.416 e. The van der Waals surface area contributed by atoms with Gasteiger partial charge in [-0.25, -0.2) is 0 Å². The molecule has 24 heavy (non-hydrogen) atoms. The highest BCUT2D eigenvalue weighted by molar-refractivity contribution is 14.1. The molecule has 0 saturated heterocycles. The van der Waals surface area contributed by atoms with E-state index in [-0.39, 0.29) is 11.1 Å². The molecule has 0 radical (unpaired) electrons. The van der Waals surface area contributed by atoms with Crippen molar-refractivity contribution < 1.29 is 18.0 Å². The van der Waals surface area contributed by atoms with Crippen LogP contribution in [0.1, 0.15) is 11.1 Å². The molecule has 0 aliphatic rings. The van der Waals surface area contributed by atoms with Crippen molar-refractivity contribution >= 4 is 40.3 Å². The Morgan fingerprint density at radius 1 is 1.17 bits per heavy atom. The summed E-state index contributed by atoms with van der Waals surface area (Å²) in [5.74, 6) is -0.684. The van der Waals surface area contributed by atoms with Crippen LogP contribution in [0.4, 0.5) is 18.9 Å². The zero-order chi connectivity index (χ0) is 17.7. The predicted molar refractivity (Wildman–Crippen MR) is 92.8 cm³/mol. The highest BCUT2D eigenvalue weighted by Crippen LogP contribution is 2.30. The molecule has 0 atom stereocenters. The van der Waals surface area contributed by atoms with E-state index in [9.17, 15) is 18.0 Å². The lowest BCUT2D eigenvalue weighted by molar-refractivity contribution is -0.137. The fraction of sp³-hybridized carbons (Fsp3) is 0.0588. The third-order valence-corrected chi connectivity index (χ3v) is 3.71. The molecule has 0 aliphatic heterocycles. The van der Waals surface area contributed by atoms with Crippen molar-refractivity contribution in [1.29, 1.82) is 5.26 Å². The first kappa shape index (κ1) is 18.0. The second kappa shape index (κ2) is 7.49. The van der Waals surface area contributed by atoms with Crippen LogP contribution in [-0.2, 0) is 11.0 Å². The molecule has 2 aromatic rings. The van der Waals surface area contributed by atoms with Gasteiger partial charge in [0.15, 0.2) is 0 Å². The molecule has 0 aliphatic carbocycles. The third-order valence-electron chi connectivity index (χ3n) is 2.99. The van der Waals surface area contributed by atoms with E-state index < -0.39 is 17.6 Å². The molecule has 1 N–H and O–H groups in total. The molecular formula is C17H10F3IN2O. The van der Waals surface area contributed by atoms with Crippen LogP contribution in [-0.4, -0.2) is 5.91 Å². The minimum atomic E-state index is -4.49. The molecule has 2 aromatic carbocycles. The fourth-order valence-corrected chi connectivity index (χ4v) is 2.21. The molecule has 0 saturated carbocycles. The molecule has 0 heterocycles. The van der Waals surface area contributed by atoms with Crippen LogP contribution in [0.3, 0.4) is 0 Å². The summed E-state index contributed by atoms with van der Waals surface area (Å²) in [7, 11) is 0. The Morgan fingerprint density at radius 3 is 2.42 bits per heavy atom. The van der Waals surface area contributed by atoms with E-state index in [1.807, 2.05) is 0 Å². The standard InChI is InChI=1S/C17H10F3IN2O/c18-17(19,20)13-3-1-2-11(9-13)8-12(10-22)16(24)23-15-6-4-14(21)5-7-15/h1-9H,(H,23,24)/b12-8+. The van der Waals surface area contributed by atoms with Crippen molar-refractivity contribution in [3.05, 3.63) is 68.8 Å². The lowest BCUT2D eigenvalue weighted by atomic mass is 10.1. The lowest BCUT2D eigenvalue weighted by Gasteiger charge is -2.07. The summed E-state index contributed by atoms with van der Waals surface area (Å²) < 4.78 is 39.1. The summed E-state index contributed by atoms with van der Waals surface area (Å²) in [6.07, 6.45) is -3.36. The average molecular weight is 442 g/mol. The number of hydrogen-bond acceptors (Lipinski definition) is 2. The van der Waals surface area contributed by atoms with Gasteiger partial charge in [-0.05, 0) is 70.6 Å². The van der Waals surface area contributed by atoms with Gasteiger partial charge in [0.2, 0.25) is 0 Å². The number of anilines is 1. The summed E-state index contributed by atoms with van der Waals surface area (Å²) in [5, 5.41) is 11.6. The Hall–Kier alpha value is -2.34. The van der Waals surface area contributed by atoms with Gasteiger partial charge < -0.3 is 5.32 Å². The zero-order valence-electron chi connectivity index (χ0n) is 12.1. The van der Waals surface area contributed by atoms with Crippen LogP contribution in [0, 0.1) is 14.9 Å². The number of hydrogen-bond donors (Lipinski definition) is 1. The zero-order valence-corrected chi connectivity index (χ0v) is 14.2. The molecule has 2 rings (SSSR count). The second-order valence-corrected chi connectivity index (χ2v) is 6.00. The van der Waals surface area contributed by atoms with Crippen molar-refractivity contribution in [2.75, 3.05) is 5.32 Å². The van der Waals surface area contributed by atoms with Crippen LogP contribution in [0.5, 0.6) is 0 Å². The van der Waals surface area contributed by atoms with Gasteiger partial charge in [-0.1, -0.05) is 12.1 Å². The Balaban J connectivity index is 2.24. The Morgan fingerprint density at radius 2 is 1.83 bits per heavy atom. The van der Waals surface area contributed by atoms with Gasteiger partial charge in [0.05, 0.1) is 5.56 Å². The first-order valence-corrected chi connectivity index (χ1v) is 7.73. The minimum Gasteiger partial charge on any atom is -0.321 e. The number of halogens is 4. The first-order valence-electron chi connectivity index (χ1n) is 6.65. The molecule has 122 valence electrons. The van der Waals surface area contributed by atoms with E-state index in [4.69, 9.17) is 5.26 Å². The smallest absolute Gasteiger partial charge is 0.321 e. The van der Waals surface area contributed by atoms with Gasteiger partial charge in [-0.15, -0.1) is 0 Å². The van der Waals surface area contributed by atoms with Gasteiger partial charge >= 0.3 is 6.18 Å². The van der Waals surface area contributed by atoms with Gasteiger partial charge in [-0.3, -0.25) is 4.79 Å². The van der Waals surface area contributed by atoms with E-state index in [2.05, 4.69) is 27.9 Å². The predicted octanol–water partition coefficient (Wildman–Crippen LogP) is 4.86. The van der Waals surface area contributed by atoms with Crippen LogP contribution in [0.25, 0.3) is 6.08 Å². The van der Waals surface area contributed by atoms with Crippen molar-refractivity contribution in [3.63, 3.8) is 0 Å². The average Bonchev–Trinajstić information content (AvgIpc) is 2.54. The van der Waals surface area contributed by atoms with E-state index in [0.29, 0.717) is 5.69 Å². The van der Waals surface area contributed by atoms with E-state index in [1.54, 1.807) is 30.3 Å². The van der Waals surface area contributed by atoms with Crippen LogP contribution in [0.15, 0.2) is 54.1 Å². The third kappa shape index (κ3) is 4.83. The SMILES string of the molecule is N#C/C(=C\c1cccc(C(F)(F)F)c1)C(=O)Nc1ccc(I)cc1. The van der Waals surface area contributed by atoms with E-state index in [1.165, 1.54) is 12.1 Å². The number of nitrogens with zero attached hydrogens (tertiary/aromatic N) is 1. The lowest BCUT2D eigenvalue weighted by Crippen LogP contribution is -2.13. The summed E-state index contributed by atoms with van der Waals surface area (Å²) in [6, 6.07) is 13.0. The maximum absolute atomic E-state index is 12.7. The first-order chi connectivity index (χ1) is 11.3. The Kier molecular flexibility index (Phi) is 5.62. The van der Waals surface area contributed by atoms with Crippen molar-refractivity contribution in [2.45, 2.75) is 6.18 Å². The van der Waals surface area contributed by atoms with Gasteiger partial charge in [0.25, 0.3) is 5.91 Å². The normalized spacial score (nSPS) is 11.7. The summed E-state index contributed by atoms with van der Waals surface area (Å²) in [5.41, 5.74) is -0.510.